The Labute approximate surface area is 183 Å². The van der Waals surface area contributed by atoms with Gasteiger partial charge in [-0.2, -0.15) is 0 Å². The van der Waals surface area contributed by atoms with Crippen LogP contribution in [0.3, 0.4) is 0 Å². The van der Waals surface area contributed by atoms with E-state index in [9.17, 15) is 4.79 Å². The maximum Gasteiger partial charge on any atom is 0.272 e. The Morgan fingerprint density at radius 2 is 1.91 bits per heavy atom. The number of rotatable bonds is 3. The number of fused-ring (bicyclic) bond motifs is 2. The summed E-state index contributed by atoms with van der Waals surface area (Å²) in [6, 6.07) is 12.2. The number of aromatic amines is 2. The van der Waals surface area contributed by atoms with Crippen molar-refractivity contribution in [3.63, 3.8) is 0 Å². The Bertz CT molecular complexity index is 1500. The molecular weight excluding hydrogens is 402 g/mol. The van der Waals surface area contributed by atoms with Crippen molar-refractivity contribution in [3.8, 4) is 16.8 Å². The fraction of sp³-hybridized carbons (Fsp3) is 0.208. The minimum absolute atomic E-state index is 0.158. The summed E-state index contributed by atoms with van der Waals surface area (Å²) in [5.41, 5.74) is 7.14. The van der Waals surface area contributed by atoms with Gasteiger partial charge in [0.1, 0.15) is 17.7 Å². The first-order valence-corrected chi connectivity index (χ1v) is 10.8. The largest absolute Gasteiger partial charge is 0.369 e. The van der Waals surface area contributed by atoms with Crippen LogP contribution in [-0.4, -0.2) is 50.7 Å². The maximum absolute atomic E-state index is 12.8. The lowest BCUT2D eigenvalue weighted by Crippen LogP contribution is -2.43. The highest BCUT2D eigenvalue weighted by molar-refractivity contribution is 5.93. The highest BCUT2D eigenvalue weighted by Gasteiger charge is 2.15. The molecule has 1 aliphatic heterocycles. The third-order valence-corrected chi connectivity index (χ3v) is 6.13. The summed E-state index contributed by atoms with van der Waals surface area (Å²) in [5.74, 6) is 0. The summed E-state index contributed by atoms with van der Waals surface area (Å²) in [6.07, 6.45) is 5.26. The van der Waals surface area contributed by atoms with Crippen LogP contribution in [-0.2, 0) is 0 Å². The SMILES string of the molecule is Cc1cc2c(-c3c[nH]c(=O)c(-n4cnc5cc(N6CCNCC6)ccc54)c3)ccnc2[nH]1. The zero-order valence-corrected chi connectivity index (χ0v) is 17.7. The molecule has 4 aromatic heterocycles. The number of aryl methyl sites for hydroxylation is 1. The van der Waals surface area contributed by atoms with Crippen molar-refractivity contribution in [2.75, 3.05) is 31.1 Å². The highest BCUT2D eigenvalue weighted by atomic mass is 16.1. The van der Waals surface area contributed by atoms with Gasteiger partial charge in [0.15, 0.2) is 0 Å². The second-order valence-electron chi connectivity index (χ2n) is 8.20. The minimum Gasteiger partial charge on any atom is -0.369 e. The van der Waals surface area contributed by atoms with Crippen molar-refractivity contribution in [1.82, 2.24) is 29.8 Å². The van der Waals surface area contributed by atoms with Gasteiger partial charge in [0.25, 0.3) is 5.56 Å². The predicted molar refractivity (Wildman–Crippen MR) is 127 cm³/mol. The first kappa shape index (κ1) is 18.8. The van der Waals surface area contributed by atoms with Gasteiger partial charge < -0.3 is 20.2 Å². The van der Waals surface area contributed by atoms with Gasteiger partial charge in [-0.25, -0.2) is 9.97 Å². The van der Waals surface area contributed by atoms with Crippen molar-refractivity contribution in [2.24, 2.45) is 0 Å². The number of nitrogens with one attached hydrogen (secondary N) is 3. The number of pyridine rings is 2. The van der Waals surface area contributed by atoms with Crippen LogP contribution in [0, 0.1) is 6.92 Å². The molecule has 0 aliphatic carbocycles. The van der Waals surface area contributed by atoms with Crippen molar-refractivity contribution < 1.29 is 0 Å². The smallest absolute Gasteiger partial charge is 0.272 e. The number of anilines is 1. The van der Waals surface area contributed by atoms with Crippen LogP contribution in [0.5, 0.6) is 0 Å². The first-order chi connectivity index (χ1) is 15.7. The second kappa shape index (κ2) is 7.35. The summed E-state index contributed by atoms with van der Waals surface area (Å²) in [4.78, 5) is 30.3. The Kier molecular flexibility index (Phi) is 4.32. The van der Waals surface area contributed by atoms with E-state index >= 15 is 0 Å². The van der Waals surface area contributed by atoms with E-state index < -0.39 is 0 Å². The van der Waals surface area contributed by atoms with Gasteiger partial charge in [-0.15, -0.1) is 0 Å². The lowest BCUT2D eigenvalue weighted by Gasteiger charge is -2.29. The van der Waals surface area contributed by atoms with Gasteiger partial charge in [0, 0.05) is 60.9 Å². The molecule has 5 aromatic rings. The summed E-state index contributed by atoms with van der Waals surface area (Å²) >= 11 is 0. The summed E-state index contributed by atoms with van der Waals surface area (Å²) < 4.78 is 1.86. The lowest BCUT2D eigenvalue weighted by atomic mass is 10.1. The average molecular weight is 425 g/mol. The zero-order chi connectivity index (χ0) is 21.7. The zero-order valence-electron chi connectivity index (χ0n) is 17.7. The van der Waals surface area contributed by atoms with E-state index in [0.717, 1.165) is 70.8 Å². The Hall–Kier alpha value is -3.91. The molecule has 6 rings (SSSR count). The van der Waals surface area contributed by atoms with Crippen LogP contribution in [0.15, 0.2) is 59.9 Å². The van der Waals surface area contributed by atoms with Gasteiger partial charge in [0.2, 0.25) is 0 Å². The normalized spacial score (nSPS) is 14.5. The summed E-state index contributed by atoms with van der Waals surface area (Å²) in [5, 5.41) is 4.41. The Balaban J connectivity index is 1.45. The molecule has 0 spiro atoms. The topological polar surface area (TPSA) is 94.6 Å². The van der Waals surface area contributed by atoms with Crippen LogP contribution in [0.1, 0.15) is 5.69 Å². The van der Waals surface area contributed by atoms with Gasteiger partial charge >= 0.3 is 0 Å². The molecule has 0 bridgehead atoms. The highest BCUT2D eigenvalue weighted by Crippen LogP contribution is 2.29. The van der Waals surface area contributed by atoms with E-state index in [-0.39, 0.29) is 5.56 Å². The van der Waals surface area contributed by atoms with Crippen LogP contribution >= 0.6 is 0 Å². The predicted octanol–water partition coefficient (Wildman–Crippen LogP) is 2.98. The molecule has 1 saturated heterocycles. The molecule has 3 N–H and O–H groups in total. The van der Waals surface area contributed by atoms with E-state index in [4.69, 9.17) is 0 Å². The molecule has 1 aromatic carbocycles. The standard InChI is InChI=1S/C24H23N7O/c1-15-10-19-18(4-5-26-23(19)29-15)16-11-22(24(32)27-13-16)31-14-28-20-12-17(2-3-21(20)31)30-8-6-25-7-9-30/h2-5,10-14,25H,6-9H2,1H3,(H,26,29)(H,27,32). The molecule has 0 amide bonds. The number of benzene rings is 1. The van der Waals surface area contributed by atoms with Gasteiger partial charge in [-0.05, 0) is 48.9 Å². The molecule has 8 nitrogen and oxygen atoms in total. The van der Waals surface area contributed by atoms with E-state index in [2.05, 4.69) is 48.4 Å². The number of nitrogens with zero attached hydrogens (tertiary/aromatic N) is 4. The molecule has 1 fully saturated rings. The monoisotopic (exact) mass is 425 g/mol. The molecule has 8 heteroatoms. The lowest BCUT2D eigenvalue weighted by molar-refractivity contribution is 0.589. The molecule has 5 heterocycles. The van der Waals surface area contributed by atoms with Gasteiger partial charge in [-0.1, -0.05) is 0 Å². The number of H-pyrrole nitrogens is 2. The Morgan fingerprint density at radius 3 is 2.78 bits per heavy atom. The molecule has 0 saturated carbocycles. The molecule has 0 unspecified atom stereocenters. The van der Waals surface area contributed by atoms with Crippen LogP contribution in [0.4, 0.5) is 5.69 Å². The fourth-order valence-corrected chi connectivity index (χ4v) is 4.53. The molecule has 0 atom stereocenters. The van der Waals surface area contributed by atoms with Crippen molar-refractivity contribution >= 4 is 27.8 Å². The average Bonchev–Trinajstić information content (AvgIpc) is 3.42. The number of aromatic nitrogens is 5. The van der Waals surface area contributed by atoms with Crippen LogP contribution in [0.2, 0.25) is 0 Å². The molecule has 32 heavy (non-hydrogen) atoms. The van der Waals surface area contributed by atoms with E-state index in [1.807, 2.05) is 29.7 Å². The summed E-state index contributed by atoms with van der Waals surface area (Å²) in [6.45, 7) is 5.94. The van der Waals surface area contributed by atoms with E-state index in [1.54, 1.807) is 18.7 Å². The molecule has 0 radical (unpaired) electrons. The van der Waals surface area contributed by atoms with E-state index in [0.29, 0.717) is 5.69 Å². The molecule has 160 valence electrons. The second-order valence-corrected chi connectivity index (χ2v) is 8.20. The third-order valence-electron chi connectivity index (χ3n) is 6.13. The van der Waals surface area contributed by atoms with Crippen molar-refractivity contribution in [2.45, 2.75) is 6.92 Å². The molecular formula is C24H23N7O. The summed E-state index contributed by atoms with van der Waals surface area (Å²) in [7, 11) is 0. The van der Waals surface area contributed by atoms with Crippen LogP contribution < -0.4 is 15.8 Å². The minimum atomic E-state index is -0.158. The van der Waals surface area contributed by atoms with Crippen LogP contribution in [0.25, 0.3) is 38.9 Å². The van der Waals surface area contributed by atoms with E-state index in [1.165, 1.54) is 0 Å². The van der Waals surface area contributed by atoms with Gasteiger partial charge in [0.05, 0.1) is 11.0 Å². The van der Waals surface area contributed by atoms with Gasteiger partial charge in [-0.3, -0.25) is 9.36 Å². The number of hydrogen-bond donors (Lipinski definition) is 3. The fourth-order valence-electron chi connectivity index (χ4n) is 4.53. The van der Waals surface area contributed by atoms with Crippen molar-refractivity contribution in [1.29, 1.82) is 0 Å². The maximum atomic E-state index is 12.8. The number of imidazole rings is 1. The number of piperazine rings is 1. The third kappa shape index (κ3) is 3.07. The first-order valence-electron chi connectivity index (χ1n) is 10.8. The molecule has 1 aliphatic rings. The quantitative estimate of drug-likeness (QED) is 0.413. The Morgan fingerprint density at radius 1 is 1.03 bits per heavy atom. The number of hydrogen-bond acceptors (Lipinski definition) is 5. The van der Waals surface area contributed by atoms with Crippen molar-refractivity contribution in [3.05, 3.63) is 71.2 Å².